The first-order valence-electron chi connectivity index (χ1n) is 7.69. The van der Waals surface area contributed by atoms with Gasteiger partial charge >= 0.3 is 5.69 Å². The monoisotopic (exact) mass is 321 g/mol. The van der Waals surface area contributed by atoms with Gasteiger partial charge in [-0.1, -0.05) is 13.8 Å². The molecule has 1 aromatic rings. The highest BCUT2D eigenvalue weighted by atomic mass is 16.6. The number of benzene rings is 1. The molecule has 1 aromatic carbocycles. The van der Waals surface area contributed by atoms with Gasteiger partial charge in [0.1, 0.15) is 0 Å². The lowest BCUT2D eigenvalue weighted by Crippen LogP contribution is -2.52. The van der Waals surface area contributed by atoms with Gasteiger partial charge in [0.15, 0.2) is 5.75 Å². The molecule has 1 amide bonds. The largest absolute Gasteiger partial charge is 0.490 e. The van der Waals surface area contributed by atoms with E-state index in [2.05, 4.69) is 24.5 Å². The molecule has 0 aliphatic carbocycles. The van der Waals surface area contributed by atoms with Gasteiger partial charge in [0.25, 0.3) is 5.91 Å². The summed E-state index contributed by atoms with van der Waals surface area (Å²) in [6, 6.07) is 4.40. The second kappa shape index (κ2) is 6.95. The molecule has 2 rings (SSSR count). The van der Waals surface area contributed by atoms with Gasteiger partial charge in [-0.25, -0.2) is 0 Å². The molecule has 7 nitrogen and oxygen atoms in total. The highest BCUT2D eigenvalue weighted by Crippen LogP contribution is 2.30. The van der Waals surface area contributed by atoms with Gasteiger partial charge in [0.05, 0.1) is 12.0 Å². The number of nitro groups is 1. The van der Waals surface area contributed by atoms with Gasteiger partial charge in [-0.2, -0.15) is 0 Å². The van der Waals surface area contributed by atoms with Crippen molar-refractivity contribution in [3.63, 3.8) is 0 Å². The summed E-state index contributed by atoms with van der Waals surface area (Å²) < 4.78 is 4.94. The smallest absolute Gasteiger partial charge is 0.311 e. The third-order valence-electron chi connectivity index (χ3n) is 4.44. The Bertz CT molecular complexity index is 601. The average Bonchev–Trinajstić information content (AvgIpc) is 2.52. The second-order valence-electron chi connectivity index (χ2n) is 6.45. The maximum Gasteiger partial charge on any atom is 0.311 e. The lowest BCUT2D eigenvalue weighted by molar-refractivity contribution is -0.385. The van der Waals surface area contributed by atoms with Crippen molar-refractivity contribution in [2.45, 2.75) is 32.7 Å². The van der Waals surface area contributed by atoms with Crippen LogP contribution in [0.1, 0.15) is 37.0 Å². The number of carbonyl (C=O) groups excluding carboxylic acids is 1. The second-order valence-corrected chi connectivity index (χ2v) is 6.45. The SMILES string of the molecule is COc1ccc(C(=O)NCC2NCCCC2(C)C)cc1[N+](=O)[O-]. The van der Waals surface area contributed by atoms with Crippen molar-refractivity contribution in [2.75, 3.05) is 20.2 Å². The Hall–Kier alpha value is -2.15. The Morgan fingerprint density at radius 2 is 2.26 bits per heavy atom. The van der Waals surface area contributed by atoms with Crippen LogP contribution in [0.25, 0.3) is 0 Å². The topological polar surface area (TPSA) is 93.5 Å². The maximum atomic E-state index is 12.3. The molecule has 23 heavy (non-hydrogen) atoms. The molecule has 1 heterocycles. The van der Waals surface area contributed by atoms with Crippen LogP contribution in [0.3, 0.4) is 0 Å². The Kier molecular flexibility index (Phi) is 5.20. The molecule has 2 N–H and O–H groups in total. The van der Waals surface area contributed by atoms with E-state index in [1.807, 2.05) is 0 Å². The minimum atomic E-state index is -0.554. The van der Waals surface area contributed by atoms with Crippen molar-refractivity contribution in [3.8, 4) is 5.75 Å². The number of amides is 1. The first kappa shape index (κ1) is 17.2. The summed E-state index contributed by atoms with van der Waals surface area (Å²) in [5, 5.41) is 17.3. The fourth-order valence-corrected chi connectivity index (χ4v) is 2.89. The summed E-state index contributed by atoms with van der Waals surface area (Å²) in [5.41, 5.74) is 0.152. The Labute approximate surface area is 135 Å². The highest BCUT2D eigenvalue weighted by Gasteiger charge is 2.32. The number of hydrogen-bond acceptors (Lipinski definition) is 5. The minimum Gasteiger partial charge on any atom is -0.490 e. The molecule has 7 heteroatoms. The number of nitrogens with zero attached hydrogens (tertiary/aromatic N) is 1. The van der Waals surface area contributed by atoms with Crippen molar-refractivity contribution in [2.24, 2.45) is 5.41 Å². The molecule has 1 fully saturated rings. The number of piperidine rings is 1. The summed E-state index contributed by atoms with van der Waals surface area (Å²) in [4.78, 5) is 22.7. The van der Waals surface area contributed by atoms with Crippen LogP contribution in [0.2, 0.25) is 0 Å². The van der Waals surface area contributed by atoms with E-state index < -0.39 is 4.92 Å². The van der Waals surface area contributed by atoms with E-state index in [-0.39, 0.29) is 34.4 Å². The standard InChI is InChI=1S/C16H23N3O4/c1-16(2)7-4-8-17-14(16)10-18-15(20)11-5-6-13(23-3)12(9-11)19(21)22/h5-6,9,14,17H,4,7-8,10H2,1-3H3,(H,18,20). The quantitative estimate of drug-likeness (QED) is 0.640. The molecule has 0 bridgehead atoms. The summed E-state index contributed by atoms with van der Waals surface area (Å²) in [7, 11) is 1.36. The summed E-state index contributed by atoms with van der Waals surface area (Å²) in [6.07, 6.45) is 2.23. The molecular formula is C16H23N3O4. The number of nitro benzene ring substituents is 1. The maximum absolute atomic E-state index is 12.3. The molecule has 0 spiro atoms. The zero-order chi connectivity index (χ0) is 17.0. The lowest BCUT2D eigenvalue weighted by atomic mass is 9.77. The van der Waals surface area contributed by atoms with Crippen LogP contribution in [0.5, 0.6) is 5.75 Å². The van der Waals surface area contributed by atoms with Crippen molar-refractivity contribution < 1.29 is 14.5 Å². The number of nitrogens with one attached hydrogen (secondary N) is 2. The van der Waals surface area contributed by atoms with Crippen LogP contribution in [0, 0.1) is 15.5 Å². The lowest BCUT2D eigenvalue weighted by Gasteiger charge is -2.39. The van der Waals surface area contributed by atoms with Gasteiger partial charge < -0.3 is 15.4 Å². The van der Waals surface area contributed by atoms with Crippen molar-refractivity contribution in [3.05, 3.63) is 33.9 Å². The van der Waals surface area contributed by atoms with Crippen LogP contribution >= 0.6 is 0 Å². The average molecular weight is 321 g/mol. The van der Waals surface area contributed by atoms with E-state index in [0.29, 0.717) is 6.54 Å². The predicted octanol–water partition coefficient (Wildman–Crippen LogP) is 2.11. The molecule has 1 atom stereocenters. The molecule has 126 valence electrons. The third-order valence-corrected chi connectivity index (χ3v) is 4.44. The summed E-state index contributed by atoms with van der Waals surface area (Å²) in [6.45, 7) is 5.78. The van der Waals surface area contributed by atoms with E-state index in [4.69, 9.17) is 4.74 Å². The number of methoxy groups -OCH3 is 1. The fraction of sp³-hybridized carbons (Fsp3) is 0.562. The summed E-state index contributed by atoms with van der Waals surface area (Å²) >= 11 is 0. The van der Waals surface area contributed by atoms with Crippen molar-refractivity contribution in [1.29, 1.82) is 0 Å². The van der Waals surface area contributed by atoms with Crippen LogP contribution in [0.15, 0.2) is 18.2 Å². The summed E-state index contributed by atoms with van der Waals surface area (Å²) in [5.74, 6) is -0.180. The Morgan fingerprint density at radius 1 is 1.52 bits per heavy atom. The van der Waals surface area contributed by atoms with Crippen molar-refractivity contribution in [1.82, 2.24) is 10.6 Å². The number of rotatable bonds is 5. The van der Waals surface area contributed by atoms with E-state index in [1.165, 1.54) is 25.3 Å². The number of hydrogen-bond donors (Lipinski definition) is 2. The highest BCUT2D eigenvalue weighted by molar-refractivity contribution is 5.95. The van der Waals surface area contributed by atoms with E-state index in [1.54, 1.807) is 0 Å². The van der Waals surface area contributed by atoms with Crippen LogP contribution in [-0.4, -0.2) is 37.1 Å². The molecule has 0 aromatic heterocycles. The fourth-order valence-electron chi connectivity index (χ4n) is 2.89. The first-order valence-corrected chi connectivity index (χ1v) is 7.69. The van der Waals surface area contributed by atoms with Gasteiger partial charge in [-0.05, 0) is 36.9 Å². The predicted molar refractivity (Wildman–Crippen MR) is 86.8 cm³/mol. The molecular weight excluding hydrogens is 298 g/mol. The molecule has 1 unspecified atom stereocenters. The van der Waals surface area contributed by atoms with Gasteiger partial charge in [0, 0.05) is 24.2 Å². The zero-order valence-electron chi connectivity index (χ0n) is 13.7. The van der Waals surface area contributed by atoms with Crippen LogP contribution in [-0.2, 0) is 0 Å². The van der Waals surface area contributed by atoms with E-state index in [0.717, 1.165) is 19.4 Å². The van der Waals surface area contributed by atoms with Gasteiger partial charge in [-0.3, -0.25) is 14.9 Å². The van der Waals surface area contributed by atoms with Crippen LogP contribution in [0.4, 0.5) is 5.69 Å². The molecule has 0 saturated carbocycles. The molecule has 1 aliphatic heterocycles. The molecule has 1 saturated heterocycles. The molecule has 0 radical (unpaired) electrons. The molecule has 1 aliphatic rings. The normalized spacial score (nSPS) is 19.9. The Morgan fingerprint density at radius 3 is 2.87 bits per heavy atom. The van der Waals surface area contributed by atoms with E-state index >= 15 is 0 Å². The Balaban J connectivity index is 2.06. The minimum absolute atomic E-state index is 0.109. The van der Waals surface area contributed by atoms with E-state index in [9.17, 15) is 14.9 Å². The number of ether oxygens (including phenoxy) is 1. The third kappa shape index (κ3) is 3.98. The van der Waals surface area contributed by atoms with Gasteiger partial charge in [0.2, 0.25) is 0 Å². The number of carbonyl (C=O) groups is 1. The van der Waals surface area contributed by atoms with Crippen LogP contribution < -0.4 is 15.4 Å². The van der Waals surface area contributed by atoms with Crippen molar-refractivity contribution >= 4 is 11.6 Å². The first-order chi connectivity index (χ1) is 10.8. The zero-order valence-corrected chi connectivity index (χ0v) is 13.7. The van der Waals surface area contributed by atoms with Gasteiger partial charge in [-0.15, -0.1) is 0 Å².